The van der Waals surface area contributed by atoms with Gasteiger partial charge in [-0.3, -0.25) is 14.1 Å². The topological polar surface area (TPSA) is 167 Å². The first kappa shape index (κ1) is 16.4. The Balaban J connectivity index is 0. The molecule has 0 bridgehead atoms. The number of hydrogen-bond donors (Lipinski definition) is 5. The highest BCUT2D eigenvalue weighted by atomic mass is 31.2. The normalized spacial score (nSPS) is 12.3. The summed E-state index contributed by atoms with van der Waals surface area (Å²) in [6.45, 7) is 0.375. The number of phosphoric acid groups is 1. The van der Waals surface area contributed by atoms with Gasteiger partial charge < -0.3 is 25.7 Å². The molecule has 1 atom stereocenters. The maximum atomic E-state index is 9.98. The predicted molar refractivity (Wildman–Crippen MR) is 46.9 cm³/mol. The molecule has 90 valence electrons. The van der Waals surface area contributed by atoms with Gasteiger partial charge in [0.2, 0.25) is 0 Å². The van der Waals surface area contributed by atoms with E-state index in [0.29, 0.717) is 0 Å². The Bertz CT molecular complexity index is 256. The second-order valence-corrected chi connectivity index (χ2v) is 3.49. The van der Waals surface area contributed by atoms with Gasteiger partial charge in [0.15, 0.2) is 0 Å². The van der Waals surface area contributed by atoms with Crippen molar-refractivity contribution in [2.24, 2.45) is 5.73 Å². The quantitative estimate of drug-likeness (QED) is 0.374. The molecule has 0 aromatic heterocycles. The lowest BCUT2D eigenvalue weighted by atomic mass is 10.3. The van der Waals surface area contributed by atoms with Crippen molar-refractivity contribution in [3.63, 3.8) is 0 Å². The van der Waals surface area contributed by atoms with Crippen LogP contribution >= 0.6 is 7.82 Å². The van der Waals surface area contributed by atoms with Crippen LogP contribution in [0, 0.1) is 0 Å². The van der Waals surface area contributed by atoms with Crippen molar-refractivity contribution in [1.29, 1.82) is 0 Å². The number of nitrogens with two attached hydrogens (primary N) is 1. The van der Waals surface area contributed by atoms with Gasteiger partial charge in [0.25, 0.3) is 5.97 Å². The summed E-state index contributed by atoms with van der Waals surface area (Å²) in [6.07, 6.45) is 0. The maximum absolute atomic E-state index is 9.98. The van der Waals surface area contributed by atoms with Gasteiger partial charge in [-0.25, -0.2) is 4.57 Å². The molecule has 0 aliphatic rings. The van der Waals surface area contributed by atoms with E-state index in [0.717, 1.165) is 6.92 Å². The summed E-state index contributed by atoms with van der Waals surface area (Å²) in [6, 6.07) is -1.41. The standard InChI is InChI=1S/C3H8NO6P.C2H4O2/c4-2(3(5)6)1-10-11(7,8)9;1-2(3)4/h2H,1,4H2,(H,5,6)(H2,7,8,9);1H3,(H,3,4). The van der Waals surface area contributed by atoms with Crippen LogP contribution in [0.1, 0.15) is 6.92 Å². The van der Waals surface area contributed by atoms with Gasteiger partial charge in [0.05, 0.1) is 6.61 Å². The minimum absolute atomic E-state index is 0.709. The van der Waals surface area contributed by atoms with E-state index in [1.807, 2.05) is 0 Å². The van der Waals surface area contributed by atoms with E-state index in [1.54, 1.807) is 0 Å². The Morgan fingerprint density at radius 3 is 1.93 bits per heavy atom. The van der Waals surface area contributed by atoms with E-state index in [2.05, 4.69) is 4.52 Å². The number of carboxylic acid groups (broad SMARTS) is 2. The highest BCUT2D eigenvalue weighted by Gasteiger charge is 2.19. The fraction of sp³-hybridized carbons (Fsp3) is 0.600. The van der Waals surface area contributed by atoms with Crippen LogP contribution in [-0.2, 0) is 18.7 Å². The summed E-state index contributed by atoms with van der Waals surface area (Å²) >= 11 is 0. The number of rotatable bonds is 4. The van der Waals surface area contributed by atoms with Crippen molar-refractivity contribution < 1.29 is 38.7 Å². The smallest absolute Gasteiger partial charge is 0.469 e. The molecule has 0 saturated carbocycles. The van der Waals surface area contributed by atoms with Crippen molar-refractivity contribution in [2.45, 2.75) is 13.0 Å². The fourth-order valence-corrected chi connectivity index (χ4v) is 0.603. The third-order valence-corrected chi connectivity index (χ3v) is 1.22. The highest BCUT2D eigenvalue weighted by Crippen LogP contribution is 2.35. The van der Waals surface area contributed by atoms with Gasteiger partial charge in [-0.1, -0.05) is 0 Å². The van der Waals surface area contributed by atoms with Crippen molar-refractivity contribution in [3.8, 4) is 0 Å². The van der Waals surface area contributed by atoms with Crippen LogP contribution in [0.2, 0.25) is 0 Å². The fourth-order valence-electron chi connectivity index (χ4n) is 0.249. The van der Waals surface area contributed by atoms with Gasteiger partial charge >= 0.3 is 13.8 Å². The second-order valence-electron chi connectivity index (χ2n) is 2.25. The van der Waals surface area contributed by atoms with E-state index >= 15 is 0 Å². The number of carbonyl (C=O) groups is 2. The molecule has 0 saturated heterocycles. The zero-order chi connectivity index (χ0) is 12.6. The van der Waals surface area contributed by atoms with E-state index in [1.165, 1.54) is 0 Å². The number of phosphoric ester groups is 1. The Hall–Kier alpha value is -0.990. The van der Waals surface area contributed by atoms with Gasteiger partial charge in [-0.15, -0.1) is 0 Å². The lowest BCUT2D eigenvalue weighted by Crippen LogP contribution is -2.34. The van der Waals surface area contributed by atoms with Crippen LogP contribution in [-0.4, -0.2) is 44.6 Å². The zero-order valence-corrected chi connectivity index (χ0v) is 8.63. The first-order chi connectivity index (χ1) is 6.56. The van der Waals surface area contributed by atoms with Crippen molar-refractivity contribution in [2.75, 3.05) is 6.61 Å². The van der Waals surface area contributed by atoms with E-state index in [-0.39, 0.29) is 0 Å². The van der Waals surface area contributed by atoms with Crippen molar-refractivity contribution >= 4 is 19.8 Å². The summed E-state index contributed by atoms with van der Waals surface area (Å²) in [5.41, 5.74) is 4.86. The molecule has 0 aliphatic carbocycles. The lowest BCUT2D eigenvalue weighted by Gasteiger charge is -2.07. The van der Waals surface area contributed by atoms with E-state index in [9.17, 15) is 9.36 Å². The van der Waals surface area contributed by atoms with Gasteiger partial charge in [0, 0.05) is 6.92 Å². The molecule has 6 N–H and O–H groups in total. The predicted octanol–water partition coefficient (Wildman–Crippen LogP) is -1.40. The lowest BCUT2D eigenvalue weighted by molar-refractivity contribution is -0.139. The van der Waals surface area contributed by atoms with Gasteiger partial charge in [-0.05, 0) is 0 Å². The summed E-state index contributed by atoms with van der Waals surface area (Å²) in [5, 5.41) is 15.5. The Morgan fingerprint density at radius 1 is 1.40 bits per heavy atom. The first-order valence-corrected chi connectivity index (χ1v) is 4.97. The minimum atomic E-state index is -4.60. The minimum Gasteiger partial charge on any atom is -0.481 e. The van der Waals surface area contributed by atoms with Crippen LogP contribution in [0.25, 0.3) is 0 Å². The number of hydrogen-bond acceptors (Lipinski definition) is 5. The molecule has 15 heavy (non-hydrogen) atoms. The molecule has 0 radical (unpaired) electrons. The first-order valence-electron chi connectivity index (χ1n) is 3.44. The van der Waals surface area contributed by atoms with Crippen molar-refractivity contribution in [1.82, 2.24) is 0 Å². The second kappa shape index (κ2) is 7.32. The van der Waals surface area contributed by atoms with Crippen LogP contribution < -0.4 is 5.73 Å². The summed E-state index contributed by atoms with van der Waals surface area (Å²) in [7, 11) is -4.60. The monoisotopic (exact) mass is 245 g/mol. The molecule has 0 amide bonds. The summed E-state index contributed by atoms with van der Waals surface area (Å²) in [5.74, 6) is -2.21. The van der Waals surface area contributed by atoms with Crippen LogP contribution in [0.15, 0.2) is 0 Å². The van der Waals surface area contributed by atoms with E-state index < -0.39 is 32.4 Å². The van der Waals surface area contributed by atoms with Crippen LogP contribution in [0.3, 0.4) is 0 Å². The summed E-state index contributed by atoms with van der Waals surface area (Å²) < 4.78 is 13.8. The molecule has 0 aromatic carbocycles. The maximum Gasteiger partial charge on any atom is 0.469 e. The van der Waals surface area contributed by atoms with Crippen LogP contribution in [0.4, 0.5) is 0 Å². The molecule has 0 spiro atoms. The highest BCUT2D eigenvalue weighted by molar-refractivity contribution is 7.46. The molecule has 10 heteroatoms. The molecule has 9 nitrogen and oxygen atoms in total. The molecule has 0 heterocycles. The summed E-state index contributed by atoms with van der Waals surface area (Å²) in [4.78, 5) is 35.1. The molecule has 0 aromatic rings. The van der Waals surface area contributed by atoms with E-state index in [4.69, 9.17) is 30.5 Å². The molecular formula is C5H12NO8P. The SMILES string of the molecule is CC(=O)O.NC(COP(=O)(O)O)C(=O)O. The average molecular weight is 245 g/mol. The van der Waals surface area contributed by atoms with Crippen LogP contribution in [0.5, 0.6) is 0 Å². The Kier molecular flexibility index (Phi) is 8.02. The largest absolute Gasteiger partial charge is 0.481 e. The molecule has 0 rings (SSSR count). The van der Waals surface area contributed by atoms with Crippen molar-refractivity contribution in [3.05, 3.63) is 0 Å². The molecule has 0 aliphatic heterocycles. The Morgan fingerprint density at radius 2 is 1.73 bits per heavy atom. The molecular weight excluding hydrogens is 233 g/mol. The van der Waals surface area contributed by atoms with Gasteiger partial charge in [0.1, 0.15) is 6.04 Å². The number of aliphatic carboxylic acids is 2. The third-order valence-electron chi connectivity index (χ3n) is 0.739. The molecule has 1 unspecified atom stereocenters. The third kappa shape index (κ3) is 19.4. The Labute approximate surface area is 84.7 Å². The van der Waals surface area contributed by atoms with Gasteiger partial charge in [-0.2, -0.15) is 0 Å². The molecule has 0 fully saturated rings. The average Bonchev–Trinajstić information content (AvgIpc) is 1.97. The zero-order valence-electron chi connectivity index (χ0n) is 7.73. The number of carboxylic acids is 2.